The van der Waals surface area contributed by atoms with Gasteiger partial charge >= 0.3 is 5.97 Å². The first-order valence-corrected chi connectivity index (χ1v) is 14.3. The highest BCUT2D eigenvalue weighted by Gasteiger charge is 2.30. The van der Waals surface area contributed by atoms with Gasteiger partial charge < -0.3 is 31.1 Å². The van der Waals surface area contributed by atoms with E-state index in [4.69, 9.17) is 10.5 Å². The van der Waals surface area contributed by atoms with Crippen molar-refractivity contribution in [3.8, 4) is 0 Å². The predicted octanol–water partition coefficient (Wildman–Crippen LogP) is 3.40. The van der Waals surface area contributed by atoms with Gasteiger partial charge in [-0.15, -0.1) is 0 Å². The van der Waals surface area contributed by atoms with Gasteiger partial charge in [0.1, 0.15) is 18.7 Å². The van der Waals surface area contributed by atoms with Crippen molar-refractivity contribution in [2.45, 2.75) is 37.6 Å². The Kier molecular flexibility index (Phi) is 9.25. The van der Waals surface area contributed by atoms with Crippen molar-refractivity contribution in [2.24, 2.45) is 5.73 Å². The van der Waals surface area contributed by atoms with Crippen LogP contribution in [0.3, 0.4) is 0 Å². The number of aromatic nitrogens is 2. The molecule has 0 fully saturated rings. The zero-order valence-electron chi connectivity index (χ0n) is 22.9. The lowest BCUT2D eigenvalue weighted by molar-refractivity contribution is -0.149. The molecular formula is C32H33N5O4S. The molecule has 2 aromatic heterocycles. The molecule has 5 rings (SSSR count). The quantitative estimate of drug-likeness (QED) is 0.0986. The van der Waals surface area contributed by atoms with Crippen LogP contribution in [-0.4, -0.2) is 51.6 Å². The average molecular weight is 584 g/mol. The van der Waals surface area contributed by atoms with E-state index in [2.05, 4.69) is 33.2 Å². The summed E-state index contributed by atoms with van der Waals surface area (Å²) in [7, 11) is 0. The summed E-state index contributed by atoms with van der Waals surface area (Å²) in [6.07, 6.45) is 4.01. The van der Waals surface area contributed by atoms with Gasteiger partial charge in [0.15, 0.2) is 0 Å². The van der Waals surface area contributed by atoms with Crippen LogP contribution in [0.1, 0.15) is 16.7 Å². The molecule has 10 heteroatoms. The number of amides is 2. The number of hydrogen-bond donors (Lipinski definition) is 6. The predicted molar refractivity (Wildman–Crippen MR) is 166 cm³/mol. The van der Waals surface area contributed by atoms with E-state index in [1.807, 2.05) is 91.3 Å². The molecule has 9 nitrogen and oxygen atoms in total. The molecule has 3 aromatic carbocycles. The van der Waals surface area contributed by atoms with Crippen LogP contribution in [0.2, 0.25) is 0 Å². The summed E-state index contributed by atoms with van der Waals surface area (Å²) in [6, 6.07) is 21.8. The van der Waals surface area contributed by atoms with Crippen molar-refractivity contribution >= 4 is 52.2 Å². The smallest absolute Gasteiger partial charge is 0.329 e. The Morgan fingerprint density at radius 2 is 1.26 bits per heavy atom. The van der Waals surface area contributed by atoms with E-state index in [-0.39, 0.29) is 25.2 Å². The third kappa shape index (κ3) is 6.84. The molecule has 0 aliphatic rings. The van der Waals surface area contributed by atoms with Crippen molar-refractivity contribution < 1.29 is 19.1 Å². The minimum Gasteiger partial charge on any atom is -0.459 e. The number of H-pyrrole nitrogens is 2. The second kappa shape index (κ2) is 13.4. The van der Waals surface area contributed by atoms with E-state index in [9.17, 15) is 14.4 Å². The lowest BCUT2D eigenvalue weighted by atomic mass is 10.0. The molecule has 0 saturated carbocycles. The molecule has 0 aliphatic heterocycles. The molecule has 216 valence electrons. The zero-order chi connectivity index (χ0) is 29.5. The average Bonchev–Trinajstić information content (AvgIpc) is 3.63. The summed E-state index contributed by atoms with van der Waals surface area (Å²) in [5.41, 5.74) is 10.3. The first-order chi connectivity index (χ1) is 20.4. The number of benzene rings is 3. The van der Waals surface area contributed by atoms with Gasteiger partial charge in [-0.2, -0.15) is 12.6 Å². The van der Waals surface area contributed by atoms with Crippen molar-refractivity contribution in [3.05, 3.63) is 108 Å². The van der Waals surface area contributed by atoms with Gasteiger partial charge in [-0.05, 0) is 28.8 Å². The number of rotatable bonds is 12. The Hall–Kier alpha value is -4.54. The van der Waals surface area contributed by atoms with Crippen LogP contribution in [-0.2, 0) is 38.6 Å². The molecule has 0 saturated heterocycles. The monoisotopic (exact) mass is 583 g/mol. The molecule has 0 unspecified atom stereocenters. The number of nitrogens with one attached hydrogen (secondary N) is 4. The maximum absolute atomic E-state index is 13.8. The van der Waals surface area contributed by atoms with Crippen molar-refractivity contribution in [3.63, 3.8) is 0 Å². The number of hydrogen-bond acceptors (Lipinski definition) is 6. The number of thiol groups is 1. The molecule has 2 amide bonds. The van der Waals surface area contributed by atoms with Gasteiger partial charge in [0, 0.05) is 52.8 Å². The number of para-hydroxylation sites is 2. The standard InChI is InChI=1S/C32H33N5O4S/c33-25(19-42)30(38)36-28(14-21-16-34-26-12-6-4-10-23(21)26)31(39)37-29(32(40)41-18-20-8-2-1-3-9-20)15-22-17-35-27-13-7-5-11-24(22)27/h1-13,16-17,25,28-29,34-35,42H,14-15,18-19,33H2,(H,36,38)(H,37,39)/t25-,28-,29-/m0/s1. The van der Waals surface area contributed by atoms with Crippen molar-refractivity contribution in [1.82, 2.24) is 20.6 Å². The van der Waals surface area contributed by atoms with Crippen LogP contribution < -0.4 is 16.4 Å². The third-order valence-corrected chi connectivity index (χ3v) is 7.58. The number of esters is 1. The van der Waals surface area contributed by atoms with Gasteiger partial charge in [-0.25, -0.2) is 4.79 Å². The van der Waals surface area contributed by atoms with Gasteiger partial charge in [0.2, 0.25) is 11.8 Å². The van der Waals surface area contributed by atoms with Gasteiger partial charge in [0.05, 0.1) is 6.04 Å². The lowest BCUT2D eigenvalue weighted by Crippen LogP contribution is -2.56. The van der Waals surface area contributed by atoms with Crippen LogP contribution in [0.15, 0.2) is 91.3 Å². The fraction of sp³-hybridized carbons (Fsp3) is 0.219. The molecule has 6 N–H and O–H groups in total. The second-order valence-corrected chi connectivity index (χ2v) is 10.5. The van der Waals surface area contributed by atoms with Gasteiger partial charge in [0.25, 0.3) is 0 Å². The van der Waals surface area contributed by atoms with Gasteiger partial charge in [-0.3, -0.25) is 9.59 Å². The van der Waals surface area contributed by atoms with Crippen LogP contribution >= 0.6 is 12.6 Å². The summed E-state index contributed by atoms with van der Waals surface area (Å²) in [5, 5.41) is 7.50. The molecule has 0 bridgehead atoms. The topological polar surface area (TPSA) is 142 Å². The summed E-state index contributed by atoms with van der Waals surface area (Å²) < 4.78 is 5.65. The SMILES string of the molecule is N[C@@H](CS)C(=O)N[C@@H](Cc1c[nH]c2ccccc12)C(=O)N[C@@H](Cc1c[nH]c2ccccc12)C(=O)OCc1ccccc1. The maximum atomic E-state index is 13.8. The number of nitrogens with two attached hydrogens (primary N) is 1. The summed E-state index contributed by atoms with van der Waals surface area (Å²) in [4.78, 5) is 46.5. The third-order valence-electron chi connectivity index (χ3n) is 7.19. The highest BCUT2D eigenvalue weighted by molar-refractivity contribution is 7.80. The van der Waals surface area contributed by atoms with E-state index in [1.165, 1.54) is 0 Å². The largest absolute Gasteiger partial charge is 0.459 e. The molecule has 3 atom stereocenters. The van der Waals surface area contributed by atoms with Crippen LogP contribution in [0, 0.1) is 0 Å². The maximum Gasteiger partial charge on any atom is 0.329 e. The fourth-order valence-corrected chi connectivity index (χ4v) is 5.07. The first kappa shape index (κ1) is 29.0. The van der Waals surface area contributed by atoms with E-state index in [1.54, 1.807) is 0 Å². The number of carbonyl (C=O) groups excluding carboxylic acids is 3. The van der Waals surface area contributed by atoms with Crippen molar-refractivity contribution in [2.75, 3.05) is 5.75 Å². The van der Waals surface area contributed by atoms with E-state index in [0.717, 1.165) is 38.5 Å². The number of ether oxygens (including phenoxy) is 1. The minimum absolute atomic E-state index is 0.0617. The van der Waals surface area contributed by atoms with Crippen molar-refractivity contribution in [1.29, 1.82) is 0 Å². The fourth-order valence-electron chi connectivity index (χ4n) is 4.91. The van der Waals surface area contributed by atoms with E-state index in [0.29, 0.717) is 0 Å². The van der Waals surface area contributed by atoms with Crippen LogP contribution in [0.4, 0.5) is 0 Å². The molecule has 5 aromatic rings. The molecule has 0 spiro atoms. The molecule has 0 aliphatic carbocycles. The minimum atomic E-state index is -1.01. The van der Waals surface area contributed by atoms with Gasteiger partial charge in [-0.1, -0.05) is 66.7 Å². The Balaban J connectivity index is 1.40. The zero-order valence-corrected chi connectivity index (χ0v) is 23.8. The Bertz CT molecular complexity index is 1680. The number of aromatic amines is 2. The molecule has 2 heterocycles. The molecule has 42 heavy (non-hydrogen) atoms. The molecular weight excluding hydrogens is 550 g/mol. The van der Waals surface area contributed by atoms with E-state index < -0.39 is 35.9 Å². The highest BCUT2D eigenvalue weighted by Crippen LogP contribution is 2.21. The van der Waals surface area contributed by atoms with Crippen LogP contribution in [0.5, 0.6) is 0 Å². The number of fused-ring (bicyclic) bond motifs is 2. The highest BCUT2D eigenvalue weighted by atomic mass is 32.1. The Morgan fingerprint density at radius 1 is 0.738 bits per heavy atom. The van der Waals surface area contributed by atoms with E-state index >= 15 is 0 Å². The molecule has 0 radical (unpaired) electrons. The summed E-state index contributed by atoms with van der Waals surface area (Å²) in [5.74, 6) is -1.50. The lowest BCUT2D eigenvalue weighted by Gasteiger charge is -2.24. The first-order valence-electron chi connectivity index (χ1n) is 13.7. The number of carbonyl (C=O) groups is 3. The summed E-state index contributed by atoms with van der Waals surface area (Å²) in [6.45, 7) is 0.0617. The Labute approximate surface area is 248 Å². The van der Waals surface area contributed by atoms with Crippen LogP contribution in [0.25, 0.3) is 21.8 Å². The second-order valence-electron chi connectivity index (χ2n) is 10.1. The Morgan fingerprint density at radius 3 is 1.86 bits per heavy atom. The normalized spacial score (nSPS) is 13.4. The summed E-state index contributed by atoms with van der Waals surface area (Å²) >= 11 is 4.13.